The van der Waals surface area contributed by atoms with Gasteiger partial charge in [-0.05, 0) is 42.5 Å². The van der Waals surface area contributed by atoms with E-state index in [1.54, 1.807) is 17.0 Å². The number of benzene rings is 1. The Kier molecular flexibility index (Phi) is 6.18. The van der Waals surface area contributed by atoms with Crippen LogP contribution in [0.1, 0.15) is 38.2 Å². The molecule has 28 heavy (non-hydrogen) atoms. The van der Waals surface area contributed by atoms with Crippen LogP contribution in [-0.2, 0) is 14.3 Å². The lowest BCUT2D eigenvalue weighted by molar-refractivity contribution is -0.163. The number of halogens is 1. The van der Waals surface area contributed by atoms with Crippen molar-refractivity contribution < 1.29 is 18.7 Å². The molecule has 5 nitrogen and oxygen atoms in total. The molecule has 0 aromatic heterocycles. The first kappa shape index (κ1) is 20.5. The molecule has 0 saturated carbocycles. The molecule has 0 bridgehead atoms. The lowest BCUT2D eigenvalue weighted by atomic mass is 9.85. The second-order valence-corrected chi connectivity index (χ2v) is 8.09. The van der Waals surface area contributed by atoms with Crippen LogP contribution in [0.3, 0.4) is 0 Å². The molecule has 2 aliphatic rings. The predicted molar refractivity (Wildman–Crippen MR) is 105 cm³/mol. The van der Waals surface area contributed by atoms with Gasteiger partial charge in [0.1, 0.15) is 5.82 Å². The third-order valence-corrected chi connectivity index (χ3v) is 5.88. The molecule has 2 amide bonds. The van der Waals surface area contributed by atoms with Gasteiger partial charge in [-0.1, -0.05) is 32.6 Å². The monoisotopic (exact) mass is 388 g/mol. The van der Waals surface area contributed by atoms with Gasteiger partial charge in [-0.3, -0.25) is 9.59 Å². The summed E-state index contributed by atoms with van der Waals surface area (Å²) in [6, 6.07) is 6.22. The molecule has 6 heteroatoms. The van der Waals surface area contributed by atoms with Gasteiger partial charge in [-0.15, -0.1) is 0 Å². The number of hydrogen-bond acceptors (Lipinski definition) is 3. The standard InChI is InChI=1S/C22H29FN2O3/c1-4-19(26)24-11-9-22(10-12-24)15-25(13-14-28-22)21(27)20(16(2)3)17-5-7-18(23)8-6-17/h4-8,16,20H,1,9-15H2,2-3H3/t20-/m0/s1. The van der Waals surface area contributed by atoms with Gasteiger partial charge >= 0.3 is 0 Å². The lowest BCUT2D eigenvalue weighted by Crippen LogP contribution is -2.59. The number of morpholine rings is 1. The van der Waals surface area contributed by atoms with Crippen LogP contribution in [0.25, 0.3) is 0 Å². The zero-order chi connectivity index (χ0) is 20.3. The fraction of sp³-hybridized carbons (Fsp3) is 0.545. The normalized spacial score (nSPS) is 20.3. The molecule has 2 heterocycles. The minimum atomic E-state index is -0.393. The van der Waals surface area contributed by atoms with Gasteiger partial charge in [0.05, 0.1) is 18.1 Å². The van der Waals surface area contributed by atoms with Crippen molar-refractivity contribution in [2.24, 2.45) is 5.92 Å². The van der Waals surface area contributed by atoms with E-state index in [0.29, 0.717) is 45.6 Å². The molecule has 2 saturated heterocycles. The van der Waals surface area contributed by atoms with Crippen molar-refractivity contribution in [2.75, 3.05) is 32.8 Å². The van der Waals surface area contributed by atoms with Gasteiger partial charge in [0.2, 0.25) is 11.8 Å². The summed E-state index contributed by atoms with van der Waals surface area (Å²) in [5.41, 5.74) is 0.448. The van der Waals surface area contributed by atoms with E-state index < -0.39 is 5.60 Å². The van der Waals surface area contributed by atoms with Crippen LogP contribution in [0.15, 0.2) is 36.9 Å². The Hall–Kier alpha value is -2.21. The molecule has 0 unspecified atom stereocenters. The SMILES string of the molecule is C=CC(=O)N1CCC2(CC1)CN(C(=O)[C@H](c1ccc(F)cc1)C(C)C)CCO2. The smallest absolute Gasteiger partial charge is 0.245 e. The van der Waals surface area contributed by atoms with Gasteiger partial charge in [-0.25, -0.2) is 4.39 Å². The molecule has 1 spiro atoms. The largest absolute Gasteiger partial charge is 0.371 e. The molecular formula is C22H29FN2O3. The van der Waals surface area contributed by atoms with E-state index in [1.807, 2.05) is 18.7 Å². The molecule has 0 radical (unpaired) electrons. The number of likely N-dealkylation sites (tertiary alicyclic amines) is 1. The maximum atomic E-state index is 13.4. The summed E-state index contributed by atoms with van der Waals surface area (Å²) in [6.07, 6.45) is 2.75. The van der Waals surface area contributed by atoms with Crippen molar-refractivity contribution in [3.63, 3.8) is 0 Å². The predicted octanol–water partition coefficient (Wildman–Crippen LogP) is 2.97. The van der Waals surface area contributed by atoms with Crippen molar-refractivity contribution in [3.05, 3.63) is 48.3 Å². The molecule has 2 fully saturated rings. The number of ether oxygens (including phenoxy) is 1. The van der Waals surface area contributed by atoms with Crippen LogP contribution in [0, 0.1) is 11.7 Å². The zero-order valence-electron chi connectivity index (χ0n) is 16.7. The van der Waals surface area contributed by atoms with Gasteiger partial charge in [0.15, 0.2) is 0 Å². The summed E-state index contributed by atoms with van der Waals surface area (Å²) in [7, 11) is 0. The Balaban J connectivity index is 1.72. The van der Waals surface area contributed by atoms with Crippen molar-refractivity contribution in [2.45, 2.75) is 38.2 Å². The van der Waals surface area contributed by atoms with Crippen LogP contribution in [0.2, 0.25) is 0 Å². The van der Waals surface area contributed by atoms with Crippen molar-refractivity contribution in [1.29, 1.82) is 0 Å². The Labute approximate surface area is 166 Å². The molecule has 3 rings (SSSR count). The highest BCUT2D eigenvalue weighted by atomic mass is 19.1. The van der Waals surface area contributed by atoms with Gasteiger partial charge < -0.3 is 14.5 Å². The highest BCUT2D eigenvalue weighted by Gasteiger charge is 2.43. The van der Waals surface area contributed by atoms with E-state index in [1.165, 1.54) is 18.2 Å². The number of piperidine rings is 1. The fourth-order valence-electron chi connectivity index (χ4n) is 4.28. The first-order valence-electron chi connectivity index (χ1n) is 9.95. The quantitative estimate of drug-likeness (QED) is 0.745. The maximum absolute atomic E-state index is 13.4. The Morgan fingerprint density at radius 3 is 2.36 bits per heavy atom. The Morgan fingerprint density at radius 1 is 1.14 bits per heavy atom. The van der Waals surface area contributed by atoms with Gasteiger partial charge in [0, 0.05) is 26.2 Å². The molecule has 2 aliphatic heterocycles. The lowest BCUT2D eigenvalue weighted by Gasteiger charge is -2.47. The van der Waals surface area contributed by atoms with Crippen LogP contribution in [-0.4, -0.2) is 60.0 Å². The van der Waals surface area contributed by atoms with Crippen LogP contribution >= 0.6 is 0 Å². The average molecular weight is 388 g/mol. The zero-order valence-corrected chi connectivity index (χ0v) is 16.7. The number of nitrogens with zero attached hydrogens (tertiary/aromatic N) is 2. The highest BCUT2D eigenvalue weighted by Crippen LogP contribution is 2.33. The van der Waals surface area contributed by atoms with E-state index in [9.17, 15) is 14.0 Å². The first-order valence-corrected chi connectivity index (χ1v) is 9.95. The minimum absolute atomic E-state index is 0.0604. The van der Waals surface area contributed by atoms with Crippen molar-refractivity contribution in [1.82, 2.24) is 9.80 Å². The molecule has 152 valence electrons. The third-order valence-electron chi connectivity index (χ3n) is 5.88. The third kappa shape index (κ3) is 4.27. The van der Waals surface area contributed by atoms with E-state index >= 15 is 0 Å². The van der Waals surface area contributed by atoms with Crippen molar-refractivity contribution >= 4 is 11.8 Å². The highest BCUT2D eigenvalue weighted by molar-refractivity contribution is 5.87. The molecule has 1 aromatic carbocycles. The number of carbonyl (C=O) groups is 2. The summed E-state index contributed by atoms with van der Waals surface area (Å²) in [5.74, 6) is -0.504. The summed E-state index contributed by atoms with van der Waals surface area (Å²) in [6.45, 7) is 10.4. The number of hydrogen-bond donors (Lipinski definition) is 0. The van der Waals surface area contributed by atoms with E-state index in [-0.39, 0.29) is 29.5 Å². The minimum Gasteiger partial charge on any atom is -0.371 e. The summed E-state index contributed by atoms with van der Waals surface area (Å²) in [5, 5.41) is 0. The van der Waals surface area contributed by atoms with Crippen LogP contribution in [0.5, 0.6) is 0 Å². The number of rotatable bonds is 4. The topological polar surface area (TPSA) is 49.9 Å². The average Bonchev–Trinajstić information content (AvgIpc) is 2.69. The van der Waals surface area contributed by atoms with E-state index in [4.69, 9.17) is 4.74 Å². The van der Waals surface area contributed by atoms with Crippen LogP contribution in [0.4, 0.5) is 4.39 Å². The summed E-state index contributed by atoms with van der Waals surface area (Å²) >= 11 is 0. The van der Waals surface area contributed by atoms with Crippen molar-refractivity contribution in [3.8, 4) is 0 Å². The number of amides is 2. The number of carbonyl (C=O) groups excluding carboxylic acids is 2. The summed E-state index contributed by atoms with van der Waals surface area (Å²) < 4.78 is 19.4. The van der Waals surface area contributed by atoms with E-state index in [2.05, 4.69) is 6.58 Å². The molecule has 0 aliphatic carbocycles. The molecular weight excluding hydrogens is 359 g/mol. The van der Waals surface area contributed by atoms with Gasteiger partial charge in [-0.2, -0.15) is 0 Å². The van der Waals surface area contributed by atoms with Gasteiger partial charge in [0.25, 0.3) is 0 Å². The molecule has 1 aromatic rings. The second-order valence-electron chi connectivity index (χ2n) is 8.09. The Morgan fingerprint density at radius 2 is 1.79 bits per heavy atom. The molecule has 0 N–H and O–H groups in total. The first-order chi connectivity index (χ1) is 13.3. The Bertz CT molecular complexity index is 724. The van der Waals surface area contributed by atoms with Crippen LogP contribution < -0.4 is 0 Å². The maximum Gasteiger partial charge on any atom is 0.245 e. The fourth-order valence-corrected chi connectivity index (χ4v) is 4.28. The summed E-state index contributed by atoms with van der Waals surface area (Å²) in [4.78, 5) is 28.9. The molecule has 1 atom stereocenters. The second kappa shape index (κ2) is 8.43. The van der Waals surface area contributed by atoms with E-state index in [0.717, 1.165) is 5.56 Å².